The normalized spacial score (nSPS) is 36.3. The molecule has 2 fully saturated rings. The summed E-state index contributed by atoms with van der Waals surface area (Å²) in [6.45, 7) is 3.78. The summed E-state index contributed by atoms with van der Waals surface area (Å²) in [4.78, 5) is 14.5. The average molecular weight is 270 g/mol. The molecule has 0 bridgehead atoms. The van der Waals surface area contributed by atoms with Crippen LogP contribution in [-0.4, -0.2) is 54.4 Å². The van der Waals surface area contributed by atoms with Crippen molar-refractivity contribution in [2.24, 2.45) is 17.6 Å². The Balaban J connectivity index is 1.91. The fourth-order valence-electron chi connectivity index (χ4n) is 3.11. The summed E-state index contributed by atoms with van der Waals surface area (Å²) in [7, 11) is 0. The Morgan fingerprint density at radius 3 is 2.63 bits per heavy atom. The lowest BCUT2D eigenvalue weighted by Gasteiger charge is -2.40. The fraction of sp³-hybridized carbons (Fsp3) is 0.929. The minimum Gasteiger partial charge on any atom is -0.394 e. The van der Waals surface area contributed by atoms with Crippen molar-refractivity contribution in [3.63, 3.8) is 0 Å². The summed E-state index contributed by atoms with van der Waals surface area (Å²) in [6.07, 6.45) is 3.81. The van der Waals surface area contributed by atoms with Crippen LogP contribution in [0.3, 0.4) is 0 Å². The molecule has 0 aromatic rings. The molecule has 1 aliphatic heterocycles. The zero-order valence-electron chi connectivity index (χ0n) is 11.8. The molecule has 5 heteroatoms. The largest absolute Gasteiger partial charge is 0.394 e. The first-order valence-corrected chi connectivity index (χ1v) is 7.38. The maximum Gasteiger partial charge on any atom is 0.226 e. The highest BCUT2D eigenvalue weighted by Gasteiger charge is 2.34. The van der Waals surface area contributed by atoms with Gasteiger partial charge in [0.15, 0.2) is 0 Å². The second-order valence-electron chi connectivity index (χ2n) is 5.93. The summed E-state index contributed by atoms with van der Waals surface area (Å²) in [5, 5.41) is 9.18. The van der Waals surface area contributed by atoms with Gasteiger partial charge in [0.1, 0.15) is 0 Å². The molecular formula is C14H26N2O3. The second kappa shape index (κ2) is 6.68. The molecule has 1 aliphatic carbocycles. The van der Waals surface area contributed by atoms with E-state index in [1.807, 2.05) is 11.8 Å². The van der Waals surface area contributed by atoms with Gasteiger partial charge in [0.2, 0.25) is 5.91 Å². The number of carbonyl (C=O) groups excluding carboxylic acids is 1. The Morgan fingerprint density at radius 2 is 2.05 bits per heavy atom. The molecule has 5 nitrogen and oxygen atoms in total. The van der Waals surface area contributed by atoms with Gasteiger partial charge >= 0.3 is 0 Å². The van der Waals surface area contributed by atoms with Crippen molar-refractivity contribution < 1.29 is 14.6 Å². The molecule has 0 spiro atoms. The van der Waals surface area contributed by atoms with Gasteiger partial charge in [-0.2, -0.15) is 0 Å². The van der Waals surface area contributed by atoms with Gasteiger partial charge < -0.3 is 20.5 Å². The van der Waals surface area contributed by atoms with E-state index in [4.69, 9.17) is 10.5 Å². The monoisotopic (exact) mass is 270 g/mol. The van der Waals surface area contributed by atoms with Crippen molar-refractivity contribution in [2.75, 3.05) is 26.3 Å². The third kappa shape index (κ3) is 3.46. The highest BCUT2D eigenvalue weighted by molar-refractivity contribution is 5.79. The van der Waals surface area contributed by atoms with E-state index in [1.165, 1.54) is 0 Å². The van der Waals surface area contributed by atoms with Crippen molar-refractivity contribution >= 4 is 5.91 Å². The maximum atomic E-state index is 12.6. The number of hydrogen-bond donors (Lipinski definition) is 2. The standard InChI is InChI=1S/C14H26N2O3/c1-10-9-19-13(8-17)7-16(10)14(18)12-4-2-11(6-15)3-5-12/h10-13,17H,2-9,15H2,1H3. The third-order valence-electron chi connectivity index (χ3n) is 4.52. The van der Waals surface area contributed by atoms with Crippen LogP contribution in [0.1, 0.15) is 32.6 Å². The van der Waals surface area contributed by atoms with Crippen molar-refractivity contribution in [3.05, 3.63) is 0 Å². The highest BCUT2D eigenvalue weighted by Crippen LogP contribution is 2.30. The molecule has 19 heavy (non-hydrogen) atoms. The minimum absolute atomic E-state index is 0.0174. The van der Waals surface area contributed by atoms with Crippen LogP contribution in [-0.2, 0) is 9.53 Å². The predicted molar refractivity (Wildman–Crippen MR) is 72.5 cm³/mol. The number of nitrogens with zero attached hydrogens (tertiary/aromatic N) is 1. The Bertz CT molecular complexity index is 303. The summed E-state index contributed by atoms with van der Waals surface area (Å²) < 4.78 is 5.48. The van der Waals surface area contributed by atoms with E-state index in [0.29, 0.717) is 19.1 Å². The molecule has 1 heterocycles. The number of aliphatic hydroxyl groups excluding tert-OH is 1. The van der Waals surface area contributed by atoms with Gasteiger partial charge in [-0.05, 0) is 45.1 Å². The minimum atomic E-state index is -0.222. The quantitative estimate of drug-likeness (QED) is 0.776. The molecule has 0 radical (unpaired) electrons. The number of nitrogens with two attached hydrogens (primary N) is 1. The van der Waals surface area contributed by atoms with Crippen molar-refractivity contribution in [3.8, 4) is 0 Å². The first-order valence-electron chi connectivity index (χ1n) is 7.38. The number of ether oxygens (including phenoxy) is 1. The lowest BCUT2D eigenvalue weighted by molar-refractivity contribution is -0.151. The van der Waals surface area contributed by atoms with Crippen molar-refractivity contribution in [1.29, 1.82) is 0 Å². The fourth-order valence-corrected chi connectivity index (χ4v) is 3.11. The topological polar surface area (TPSA) is 75.8 Å². The summed E-state index contributed by atoms with van der Waals surface area (Å²) in [6, 6.07) is 0.113. The summed E-state index contributed by atoms with van der Waals surface area (Å²) in [5.41, 5.74) is 5.69. The molecule has 0 aromatic heterocycles. The zero-order chi connectivity index (χ0) is 13.8. The smallest absolute Gasteiger partial charge is 0.226 e. The number of amides is 1. The van der Waals surface area contributed by atoms with Gasteiger partial charge in [-0.15, -0.1) is 0 Å². The molecule has 2 unspecified atom stereocenters. The van der Waals surface area contributed by atoms with Gasteiger partial charge in [0, 0.05) is 12.5 Å². The molecule has 1 saturated heterocycles. The van der Waals surface area contributed by atoms with Crippen LogP contribution in [0.5, 0.6) is 0 Å². The van der Waals surface area contributed by atoms with Gasteiger partial charge in [-0.25, -0.2) is 0 Å². The van der Waals surface area contributed by atoms with Gasteiger partial charge in [-0.1, -0.05) is 0 Å². The van der Waals surface area contributed by atoms with Gasteiger partial charge in [0.25, 0.3) is 0 Å². The Morgan fingerprint density at radius 1 is 1.37 bits per heavy atom. The number of aliphatic hydroxyl groups is 1. The maximum absolute atomic E-state index is 12.6. The Labute approximate surface area is 115 Å². The molecule has 2 rings (SSSR count). The second-order valence-corrected chi connectivity index (χ2v) is 5.93. The molecule has 110 valence electrons. The lowest BCUT2D eigenvalue weighted by atomic mass is 9.81. The molecule has 2 atom stereocenters. The van der Waals surface area contributed by atoms with Crippen LogP contribution in [0, 0.1) is 11.8 Å². The molecular weight excluding hydrogens is 244 g/mol. The number of carbonyl (C=O) groups is 1. The molecule has 0 aromatic carbocycles. The van der Waals surface area contributed by atoms with Crippen LogP contribution >= 0.6 is 0 Å². The van der Waals surface area contributed by atoms with E-state index in [1.54, 1.807) is 0 Å². The SMILES string of the molecule is CC1COC(CO)CN1C(=O)C1CCC(CN)CC1. The Hall–Kier alpha value is -0.650. The third-order valence-corrected chi connectivity index (χ3v) is 4.52. The molecule has 1 amide bonds. The van der Waals surface area contributed by atoms with E-state index in [2.05, 4.69) is 0 Å². The van der Waals surface area contributed by atoms with Crippen LogP contribution in [0.4, 0.5) is 0 Å². The number of rotatable bonds is 3. The molecule has 1 saturated carbocycles. The van der Waals surface area contributed by atoms with E-state index in [0.717, 1.165) is 32.2 Å². The average Bonchev–Trinajstić information content (AvgIpc) is 2.47. The zero-order valence-corrected chi connectivity index (χ0v) is 11.8. The van der Waals surface area contributed by atoms with Gasteiger partial charge in [-0.3, -0.25) is 4.79 Å². The van der Waals surface area contributed by atoms with Crippen LogP contribution < -0.4 is 5.73 Å². The lowest BCUT2D eigenvalue weighted by Crippen LogP contribution is -2.54. The van der Waals surface area contributed by atoms with Crippen molar-refractivity contribution in [2.45, 2.75) is 44.8 Å². The van der Waals surface area contributed by atoms with E-state index in [9.17, 15) is 9.90 Å². The molecule has 2 aliphatic rings. The number of hydrogen-bond acceptors (Lipinski definition) is 4. The molecule has 3 N–H and O–H groups in total. The first-order chi connectivity index (χ1) is 9.15. The van der Waals surface area contributed by atoms with E-state index < -0.39 is 0 Å². The van der Waals surface area contributed by atoms with Crippen LogP contribution in [0.2, 0.25) is 0 Å². The van der Waals surface area contributed by atoms with E-state index >= 15 is 0 Å². The highest BCUT2D eigenvalue weighted by atomic mass is 16.5. The summed E-state index contributed by atoms with van der Waals surface area (Å²) >= 11 is 0. The number of morpholine rings is 1. The van der Waals surface area contributed by atoms with Gasteiger partial charge in [0.05, 0.1) is 25.4 Å². The first kappa shape index (κ1) is 14.8. The van der Waals surface area contributed by atoms with Crippen LogP contribution in [0.15, 0.2) is 0 Å². The summed E-state index contributed by atoms with van der Waals surface area (Å²) in [5.74, 6) is 0.976. The predicted octanol–water partition coefficient (Wildman–Crippen LogP) is 0.360. The van der Waals surface area contributed by atoms with Crippen LogP contribution in [0.25, 0.3) is 0 Å². The van der Waals surface area contributed by atoms with E-state index in [-0.39, 0.29) is 30.6 Å². The Kier molecular flexibility index (Phi) is 5.19. The van der Waals surface area contributed by atoms with Crippen molar-refractivity contribution in [1.82, 2.24) is 4.90 Å².